The maximum atomic E-state index is 11.5. The van der Waals surface area contributed by atoms with Gasteiger partial charge in [0.2, 0.25) is 5.91 Å². The molecule has 0 unspecified atom stereocenters. The summed E-state index contributed by atoms with van der Waals surface area (Å²) in [6, 6.07) is 0. The molecule has 1 aliphatic rings. The molecule has 1 aliphatic carbocycles. The lowest BCUT2D eigenvalue weighted by Gasteiger charge is -1.97. The van der Waals surface area contributed by atoms with Crippen LogP contribution in [-0.2, 0) is 16.1 Å². The lowest BCUT2D eigenvalue weighted by Crippen LogP contribution is -2.13. The van der Waals surface area contributed by atoms with Crippen LogP contribution in [0.3, 0.4) is 0 Å². The minimum Gasteiger partial charge on any atom is -0.477 e. The van der Waals surface area contributed by atoms with Crippen LogP contribution < -0.4 is 5.32 Å². The van der Waals surface area contributed by atoms with Crippen molar-refractivity contribution in [1.82, 2.24) is 4.98 Å². The van der Waals surface area contributed by atoms with E-state index in [1.165, 1.54) is 7.11 Å². The molecule has 0 saturated heterocycles. The summed E-state index contributed by atoms with van der Waals surface area (Å²) in [4.78, 5) is 26.6. The van der Waals surface area contributed by atoms with Crippen LogP contribution in [0.1, 0.15) is 28.2 Å². The highest BCUT2D eigenvalue weighted by molar-refractivity contribution is 7.17. The second-order valence-corrected chi connectivity index (χ2v) is 4.80. The smallest absolute Gasteiger partial charge is 0.347 e. The molecule has 2 N–H and O–H groups in total. The van der Waals surface area contributed by atoms with Gasteiger partial charge in [-0.2, -0.15) is 0 Å². The van der Waals surface area contributed by atoms with Gasteiger partial charge < -0.3 is 15.2 Å². The van der Waals surface area contributed by atoms with Crippen LogP contribution in [0.5, 0.6) is 0 Å². The highest BCUT2D eigenvalue weighted by Crippen LogP contribution is 2.31. The summed E-state index contributed by atoms with van der Waals surface area (Å²) in [5, 5.41) is 11.9. The number of nitrogens with one attached hydrogen (secondary N) is 1. The van der Waals surface area contributed by atoms with Crippen molar-refractivity contribution in [3.05, 3.63) is 10.6 Å². The molecule has 6 nitrogen and oxygen atoms in total. The number of rotatable bonds is 5. The Kier molecular flexibility index (Phi) is 3.39. The third-order valence-corrected chi connectivity index (χ3v) is 3.35. The zero-order valence-corrected chi connectivity index (χ0v) is 10.0. The van der Waals surface area contributed by atoms with Crippen LogP contribution in [0.2, 0.25) is 0 Å². The van der Waals surface area contributed by atoms with E-state index in [0.29, 0.717) is 10.8 Å². The van der Waals surface area contributed by atoms with E-state index in [1.54, 1.807) is 0 Å². The summed E-state index contributed by atoms with van der Waals surface area (Å²) in [5.41, 5.74) is 0.344. The normalized spacial score (nSPS) is 14.6. The van der Waals surface area contributed by atoms with Crippen molar-refractivity contribution in [2.24, 2.45) is 5.92 Å². The van der Waals surface area contributed by atoms with Gasteiger partial charge in [0, 0.05) is 13.0 Å². The topological polar surface area (TPSA) is 88.5 Å². The molecule has 1 heterocycles. The van der Waals surface area contributed by atoms with E-state index in [1.807, 2.05) is 0 Å². The number of hydrogen-bond donors (Lipinski definition) is 2. The Bertz CT molecular complexity index is 453. The molecule has 0 radical (unpaired) electrons. The van der Waals surface area contributed by atoms with Gasteiger partial charge in [0.1, 0.15) is 4.88 Å². The minimum absolute atomic E-state index is 0.0676. The summed E-state index contributed by atoms with van der Waals surface area (Å²) in [6.45, 7) is 0.122. The number of amides is 1. The Hall–Kier alpha value is -1.47. The molecule has 0 aliphatic heterocycles. The third-order valence-electron chi connectivity index (χ3n) is 2.35. The summed E-state index contributed by atoms with van der Waals surface area (Å²) in [7, 11) is 1.47. The predicted octanol–water partition coefficient (Wildman–Crippen LogP) is 1.34. The second-order valence-electron chi connectivity index (χ2n) is 3.80. The highest BCUT2D eigenvalue weighted by Gasteiger charge is 2.30. The molecule has 1 aromatic rings. The van der Waals surface area contributed by atoms with Crippen LogP contribution in [-0.4, -0.2) is 29.1 Å². The number of aromatic carboxylic acids is 1. The SMILES string of the molecule is COCc1nc(NC(=O)C2CC2)sc1C(=O)O. The summed E-state index contributed by atoms with van der Waals surface area (Å²) in [5.74, 6) is -1.07. The van der Waals surface area contributed by atoms with Crippen LogP contribution in [0.4, 0.5) is 5.13 Å². The Labute approximate surface area is 102 Å². The molecule has 1 aromatic heterocycles. The molecule has 92 valence electrons. The molecule has 1 fully saturated rings. The van der Waals surface area contributed by atoms with Gasteiger partial charge >= 0.3 is 5.97 Å². The van der Waals surface area contributed by atoms with Crippen molar-refractivity contribution in [2.45, 2.75) is 19.4 Å². The zero-order chi connectivity index (χ0) is 12.4. The average Bonchev–Trinajstić information content (AvgIpc) is 3.03. The van der Waals surface area contributed by atoms with Gasteiger partial charge in [-0.1, -0.05) is 11.3 Å². The molecule has 0 spiro atoms. The van der Waals surface area contributed by atoms with Crippen molar-refractivity contribution in [3.63, 3.8) is 0 Å². The molecule has 1 amide bonds. The molecule has 2 rings (SSSR count). The van der Waals surface area contributed by atoms with Crippen molar-refractivity contribution >= 4 is 28.3 Å². The van der Waals surface area contributed by atoms with Crippen LogP contribution in [0.25, 0.3) is 0 Å². The van der Waals surface area contributed by atoms with Crippen molar-refractivity contribution in [1.29, 1.82) is 0 Å². The fourth-order valence-electron chi connectivity index (χ4n) is 1.36. The van der Waals surface area contributed by atoms with Crippen LogP contribution in [0.15, 0.2) is 0 Å². The lowest BCUT2D eigenvalue weighted by molar-refractivity contribution is -0.117. The van der Waals surface area contributed by atoms with Gasteiger partial charge in [0.25, 0.3) is 0 Å². The number of ether oxygens (including phenoxy) is 1. The molecular formula is C10H12N2O4S. The van der Waals surface area contributed by atoms with E-state index in [-0.39, 0.29) is 23.3 Å². The first-order chi connectivity index (χ1) is 8.11. The Morgan fingerprint density at radius 3 is 2.82 bits per heavy atom. The van der Waals surface area contributed by atoms with E-state index in [0.717, 1.165) is 24.2 Å². The molecule has 0 atom stereocenters. The number of carboxylic acid groups (broad SMARTS) is 1. The standard InChI is InChI=1S/C10H12N2O4S/c1-16-4-6-7(9(14)15)17-10(11-6)12-8(13)5-2-3-5/h5H,2-4H2,1H3,(H,14,15)(H,11,12,13). The van der Waals surface area contributed by atoms with Gasteiger partial charge in [0.05, 0.1) is 12.3 Å². The highest BCUT2D eigenvalue weighted by atomic mass is 32.1. The zero-order valence-electron chi connectivity index (χ0n) is 9.23. The van der Waals surface area contributed by atoms with Gasteiger partial charge in [0.15, 0.2) is 5.13 Å². The maximum absolute atomic E-state index is 11.5. The number of aromatic nitrogens is 1. The predicted molar refractivity (Wildman–Crippen MR) is 61.1 cm³/mol. The Balaban J connectivity index is 2.14. The number of carboxylic acids is 1. The van der Waals surface area contributed by atoms with E-state index in [9.17, 15) is 9.59 Å². The number of nitrogens with zero attached hydrogens (tertiary/aromatic N) is 1. The number of methoxy groups -OCH3 is 1. The van der Waals surface area contributed by atoms with E-state index in [2.05, 4.69) is 10.3 Å². The maximum Gasteiger partial charge on any atom is 0.347 e. The average molecular weight is 256 g/mol. The van der Waals surface area contributed by atoms with Crippen LogP contribution >= 0.6 is 11.3 Å². The third kappa shape index (κ3) is 2.80. The lowest BCUT2D eigenvalue weighted by atomic mass is 10.4. The number of carbonyl (C=O) groups is 2. The minimum atomic E-state index is -1.05. The monoisotopic (exact) mass is 256 g/mol. The molecule has 7 heteroatoms. The first kappa shape index (κ1) is 12.0. The van der Waals surface area contributed by atoms with Gasteiger partial charge in [-0.05, 0) is 12.8 Å². The molecular weight excluding hydrogens is 244 g/mol. The molecule has 0 aromatic carbocycles. The van der Waals surface area contributed by atoms with E-state index in [4.69, 9.17) is 9.84 Å². The number of carbonyl (C=O) groups excluding carboxylic acids is 1. The van der Waals surface area contributed by atoms with Gasteiger partial charge in [-0.15, -0.1) is 0 Å². The fourth-order valence-corrected chi connectivity index (χ4v) is 2.17. The summed E-state index contributed by atoms with van der Waals surface area (Å²) < 4.78 is 4.86. The van der Waals surface area contributed by atoms with Crippen molar-refractivity contribution in [2.75, 3.05) is 12.4 Å². The van der Waals surface area contributed by atoms with Crippen molar-refractivity contribution < 1.29 is 19.4 Å². The van der Waals surface area contributed by atoms with Crippen LogP contribution in [0, 0.1) is 5.92 Å². The quantitative estimate of drug-likeness (QED) is 0.829. The molecule has 17 heavy (non-hydrogen) atoms. The summed E-state index contributed by atoms with van der Waals surface area (Å²) >= 11 is 0.958. The van der Waals surface area contributed by atoms with E-state index >= 15 is 0 Å². The Morgan fingerprint density at radius 1 is 1.59 bits per heavy atom. The number of anilines is 1. The van der Waals surface area contributed by atoms with Crippen molar-refractivity contribution in [3.8, 4) is 0 Å². The Morgan fingerprint density at radius 2 is 2.29 bits per heavy atom. The summed E-state index contributed by atoms with van der Waals surface area (Å²) in [6.07, 6.45) is 1.79. The largest absolute Gasteiger partial charge is 0.477 e. The number of thiazole rings is 1. The van der Waals surface area contributed by atoms with Gasteiger partial charge in [-0.3, -0.25) is 4.79 Å². The molecule has 1 saturated carbocycles. The second kappa shape index (κ2) is 4.80. The fraction of sp³-hybridized carbons (Fsp3) is 0.500. The first-order valence-corrected chi connectivity index (χ1v) is 5.96. The molecule has 0 bridgehead atoms. The van der Waals surface area contributed by atoms with E-state index < -0.39 is 5.97 Å². The first-order valence-electron chi connectivity index (χ1n) is 5.14. The number of hydrogen-bond acceptors (Lipinski definition) is 5. The van der Waals surface area contributed by atoms with Gasteiger partial charge in [-0.25, -0.2) is 9.78 Å².